The van der Waals surface area contributed by atoms with Gasteiger partial charge in [-0.05, 0) is 63.1 Å². The number of rotatable bonds is 6. The van der Waals surface area contributed by atoms with E-state index in [2.05, 4.69) is 10.2 Å². The highest BCUT2D eigenvalue weighted by Gasteiger charge is 2.29. The van der Waals surface area contributed by atoms with Crippen molar-refractivity contribution < 1.29 is 13.2 Å². The Labute approximate surface area is 167 Å². The predicted octanol–water partition coefficient (Wildman–Crippen LogP) is 3.39. The Kier molecular flexibility index (Phi) is 5.93. The van der Waals surface area contributed by atoms with Gasteiger partial charge in [0.1, 0.15) is 6.04 Å². The van der Waals surface area contributed by atoms with Crippen molar-refractivity contribution in [1.82, 2.24) is 0 Å². The Morgan fingerprint density at radius 1 is 1.04 bits per heavy atom. The van der Waals surface area contributed by atoms with Crippen molar-refractivity contribution in [2.24, 2.45) is 0 Å². The van der Waals surface area contributed by atoms with Crippen LogP contribution >= 0.6 is 0 Å². The molecule has 1 atom stereocenters. The SMILES string of the molecule is Cc1ccc(N([C@H](C)C(=O)Nc2ccc(N3CCCC3)cc2)S(C)(=O)=O)cc1. The van der Waals surface area contributed by atoms with Gasteiger partial charge in [0.25, 0.3) is 0 Å². The van der Waals surface area contributed by atoms with Gasteiger partial charge in [0.05, 0.1) is 11.9 Å². The first kappa shape index (κ1) is 20.2. The normalized spacial score (nSPS) is 15.3. The maximum absolute atomic E-state index is 12.8. The van der Waals surface area contributed by atoms with Crippen molar-refractivity contribution in [3.8, 4) is 0 Å². The summed E-state index contributed by atoms with van der Waals surface area (Å²) in [6.07, 6.45) is 3.52. The smallest absolute Gasteiger partial charge is 0.247 e. The van der Waals surface area contributed by atoms with Gasteiger partial charge in [-0.3, -0.25) is 9.10 Å². The van der Waals surface area contributed by atoms with Gasteiger partial charge in [-0.2, -0.15) is 0 Å². The summed E-state index contributed by atoms with van der Waals surface area (Å²) in [5.74, 6) is -0.375. The van der Waals surface area contributed by atoms with Gasteiger partial charge < -0.3 is 10.2 Å². The third kappa shape index (κ3) is 4.65. The Morgan fingerprint density at radius 3 is 2.14 bits per heavy atom. The number of hydrogen-bond donors (Lipinski definition) is 1. The summed E-state index contributed by atoms with van der Waals surface area (Å²) in [7, 11) is -3.62. The van der Waals surface area contributed by atoms with E-state index in [9.17, 15) is 13.2 Å². The van der Waals surface area contributed by atoms with Crippen molar-refractivity contribution in [2.75, 3.05) is 33.9 Å². The molecular weight excluding hydrogens is 374 g/mol. The molecule has 1 heterocycles. The van der Waals surface area contributed by atoms with Gasteiger partial charge >= 0.3 is 0 Å². The molecule has 150 valence electrons. The van der Waals surface area contributed by atoms with Crippen LogP contribution < -0.4 is 14.5 Å². The van der Waals surface area contributed by atoms with Gasteiger partial charge in [0.2, 0.25) is 15.9 Å². The number of hydrogen-bond acceptors (Lipinski definition) is 4. The monoisotopic (exact) mass is 401 g/mol. The van der Waals surface area contributed by atoms with Gasteiger partial charge in [-0.15, -0.1) is 0 Å². The molecule has 0 aromatic heterocycles. The molecule has 0 bridgehead atoms. The number of benzene rings is 2. The van der Waals surface area contributed by atoms with Crippen molar-refractivity contribution in [3.63, 3.8) is 0 Å². The average Bonchev–Trinajstić information content (AvgIpc) is 3.17. The summed E-state index contributed by atoms with van der Waals surface area (Å²) in [5.41, 5.74) is 3.28. The molecule has 1 aliphatic heterocycles. The Bertz CT molecular complexity index is 918. The van der Waals surface area contributed by atoms with E-state index in [1.807, 2.05) is 43.3 Å². The molecule has 7 heteroatoms. The summed E-state index contributed by atoms with van der Waals surface area (Å²) in [5, 5.41) is 2.83. The van der Waals surface area contributed by atoms with E-state index in [4.69, 9.17) is 0 Å². The van der Waals surface area contributed by atoms with E-state index >= 15 is 0 Å². The van der Waals surface area contributed by atoms with Crippen LogP contribution in [-0.4, -0.2) is 39.7 Å². The molecule has 1 aliphatic rings. The molecule has 6 nitrogen and oxygen atoms in total. The highest BCUT2D eigenvalue weighted by Crippen LogP contribution is 2.24. The molecule has 1 amide bonds. The fraction of sp³-hybridized carbons (Fsp3) is 0.381. The number of nitrogens with zero attached hydrogens (tertiary/aromatic N) is 2. The lowest BCUT2D eigenvalue weighted by molar-refractivity contribution is -0.116. The largest absolute Gasteiger partial charge is 0.372 e. The zero-order valence-corrected chi connectivity index (χ0v) is 17.4. The summed E-state index contributed by atoms with van der Waals surface area (Å²) in [4.78, 5) is 15.1. The van der Waals surface area contributed by atoms with Crippen molar-refractivity contribution in [1.29, 1.82) is 0 Å². The first-order valence-electron chi connectivity index (χ1n) is 9.47. The van der Waals surface area contributed by atoms with Gasteiger partial charge in [-0.25, -0.2) is 8.42 Å². The van der Waals surface area contributed by atoms with E-state index in [-0.39, 0.29) is 5.91 Å². The molecule has 2 aromatic carbocycles. The molecule has 0 unspecified atom stereocenters. The molecule has 1 saturated heterocycles. The number of anilines is 3. The summed E-state index contributed by atoms with van der Waals surface area (Å²) >= 11 is 0. The Balaban J connectivity index is 1.75. The highest BCUT2D eigenvalue weighted by atomic mass is 32.2. The van der Waals surface area contributed by atoms with Crippen LogP contribution in [0.1, 0.15) is 25.3 Å². The zero-order chi connectivity index (χ0) is 20.3. The third-order valence-corrected chi connectivity index (χ3v) is 6.22. The maximum atomic E-state index is 12.8. The van der Waals surface area contributed by atoms with Crippen LogP contribution in [-0.2, 0) is 14.8 Å². The van der Waals surface area contributed by atoms with Gasteiger partial charge in [0.15, 0.2) is 0 Å². The number of nitrogens with one attached hydrogen (secondary N) is 1. The lowest BCUT2D eigenvalue weighted by Gasteiger charge is -2.28. The molecule has 3 rings (SSSR count). The second kappa shape index (κ2) is 8.22. The molecule has 1 N–H and O–H groups in total. The molecule has 0 aliphatic carbocycles. The topological polar surface area (TPSA) is 69.7 Å². The van der Waals surface area contributed by atoms with E-state index in [1.54, 1.807) is 19.1 Å². The first-order valence-corrected chi connectivity index (χ1v) is 11.3. The van der Waals surface area contributed by atoms with Crippen molar-refractivity contribution in [2.45, 2.75) is 32.7 Å². The molecule has 0 radical (unpaired) electrons. The lowest BCUT2D eigenvalue weighted by Crippen LogP contribution is -2.45. The third-order valence-electron chi connectivity index (χ3n) is 4.98. The quantitative estimate of drug-likeness (QED) is 0.806. The summed E-state index contributed by atoms with van der Waals surface area (Å²) in [6, 6.07) is 13.9. The number of carbonyl (C=O) groups is 1. The molecule has 2 aromatic rings. The minimum Gasteiger partial charge on any atom is -0.372 e. The Morgan fingerprint density at radius 2 is 1.61 bits per heavy atom. The maximum Gasteiger partial charge on any atom is 0.247 e. The molecule has 1 fully saturated rings. The first-order chi connectivity index (χ1) is 13.3. The number of sulfonamides is 1. The van der Waals surface area contributed by atoms with Crippen molar-refractivity contribution >= 4 is 33.0 Å². The van der Waals surface area contributed by atoms with Crippen LogP contribution in [0.3, 0.4) is 0 Å². The van der Waals surface area contributed by atoms with Crippen LogP contribution in [0, 0.1) is 6.92 Å². The molecular formula is C21H27N3O3S. The standard InChI is InChI=1S/C21H27N3O3S/c1-16-6-10-20(11-7-16)24(28(3,26)27)17(2)21(25)22-18-8-12-19(13-9-18)23-14-4-5-15-23/h6-13,17H,4-5,14-15H2,1-3H3,(H,22,25)/t17-/m1/s1. The lowest BCUT2D eigenvalue weighted by atomic mass is 10.2. The number of amides is 1. The minimum absolute atomic E-state index is 0.375. The van der Waals surface area contributed by atoms with E-state index in [0.717, 1.165) is 34.9 Å². The highest BCUT2D eigenvalue weighted by molar-refractivity contribution is 7.92. The molecule has 28 heavy (non-hydrogen) atoms. The van der Waals surface area contributed by atoms with Crippen LogP contribution in [0.5, 0.6) is 0 Å². The van der Waals surface area contributed by atoms with Crippen LogP contribution in [0.4, 0.5) is 17.1 Å². The molecule has 0 saturated carbocycles. The predicted molar refractivity (Wildman–Crippen MR) is 114 cm³/mol. The fourth-order valence-electron chi connectivity index (χ4n) is 3.48. The van der Waals surface area contributed by atoms with Gasteiger partial charge in [-0.1, -0.05) is 17.7 Å². The van der Waals surface area contributed by atoms with Crippen LogP contribution in [0.2, 0.25) is 0 Å². The van der Waals surface area contributed by atoms with Crippen molar-refractivity contribution in [3.05, 3.63) is 54.1 Å². The molecule has 0 spiro atoms. The van der Waals surface area contributed by atoms with Gasteiger partial charge in [0, 0.05) is 24.5 Å². The Hall–Kier alpha value is -2.54. The second-order valence-electron chi connectivity index (χ2n) is 7.30. The number of aryl methyl sites for hydroxylation is 1. The van der Waals surface area contributed by atoms with E-state index < -0.39 is 16.1 Å². The minimum atomic E-state index is -3.62. The van der Waals surface area contributed by atoms with E-state index in [0.29, 0.717) is 11.4 Å². The van der Waals surface area contributed by atoms with Crippen LogP contribution in [0.15, 0.2) is 48.5 Å². The van der Waals surface area contributed by atoms with E-state index in [1.165, 1.54) is 12.8 Å². The second-order valence-corrected chi connectivity index (χ2v) is 9.16. The average molecular weight is 402 g/mol. The number of carbonyl (C=O) groups excluding carboxylic acids is 1. The fourth-order valence-corrected chi connectivity index (χ4v) is 4.65. The summed E-state index contributed by atoms with van der Waals surface area (Å²) in [6.45, 7) is 5.64. The zero-order valence-electron chi connectivity index (χ0n) is 16.6. The van der Waals surface area contributed by atoms with Crippen LogP contribution in [0.25, 0.3) is 0 Å². The summed E-state index contributed by atoms with van der Waals surface area (Å²) < 4.78 is 25.8.